The summed E-state index contributed by atoms with van der Waals surface area (Å²) >= 11 is 1.73. The molecule has 1 aliphatic heterocycles. The minimum absolute atomic E-state index is 0. The van der Waals surface area contributed by atoms with Gasteiger partial charge in [-0.3, -0.25) is 4.58 Å². The van der Waals surface area contributed by atoms with E-state index < -0.39 is 0 Å². The second kappa shape index (κ2) is 9.55. The highest BCUT2D eigenvalue weighted by molar-refractivity contribution is 8.13. The Balaban J connectivity index is 0.00000242. The molecular weight excluding hydrogens is 405 g/mol. The first-order valence-corrected chi connectivity index (χ1v) is 8.89. The van der Waals surface area contributed by atoms with Gasteiger partial charge in [0.25, 0.3) is 5.84 Å². The summed E-state index contributed by atoms with van der Waals surface area (Å²) in [7, 11) is 4.13. The van der Waals surface area contributed by atoms with E-state index in [2.05, 4.69) is 61.0 Å². The van der Waals surface area contributed by atoms with Gasteiger partial charge in [-0.15, -0.1) is 0 Å². The SMILES string of the molecule is CC[N+]1=C(N=C(SC)c2ccc(N(C)C)cc2)CCCC1.[I-]. The first-order chi connectivity index (χ1) is 10.2. The van der Waals surface area contributed by atoms with Crippen LogP contribution in [0.15, 0.2) is 29.3 Å². The van der Waals surface area contributed by atoms with Crippen LogP contribution in [0.3, 0.4) is 0 Å². The van der Waals surface area contributed by atoms with Gasteiger partial charge in [-0.2, -0.15) is 0 Å². The molecule has 122 valence electrons. The zero-order valence-corrected chi connectivity index (χ0v) is 16.9. The maximum Gasteiger partial charge on any atom is 0.295 e. The lowest BCUT2D eigenvalue weighted by Crippen LogP contribution is -3.00. The van der Waals surface area contributed by atoms with Crippen molar-refractivity contribution in [2.24, 2.45) is 4.99 Å². The number of aliphatic imine (C=N–C) groups is 1. The van der Waals surface area contributed by atoms with Crippen molar-refractivity contribution in [3.8, 4) is 0 Å². The Hall–Kier alpha value is -0.560. The van der Waals surface area contributed by atoms with Crippen molar-refractivity contribution in [3.05, 3.63) is 29.8 Å². The van der Waals surface area contributed by atoms with Crippen molar-refractivity contribution in [1.82, 2.24) is 0 Å². The molecule has 0 aromatic heterocycles. The van der Waals surface area contributed by atoms with Crippen molar-refractivity contribution in [2.45, 2.75) is 26.2 Å². The molecule has 1 aliphatic rings. The van der Waals surface area contributed by atoms with Crippen LogP contribution in [0.1, 0.15) is 31.7 Å². The molecule has 0 saturated carbocycles. The van der Waals surface area contributed by atoms with E-state index in [-0.39, 0.29) is 24.0 Å². The maximum atomic E-state index is 4.96. The number of amidine groups is 1. The summed E-state index contributed by atoms with van der Waals surface area (Å²) < 4.78 is 2.41. The van der Waals surface area contributed by atoms with E-state index in [1.165, 1.54) is 29.9 Å². The standard InChI is InChI=1S/C17H26N3S.HI/c1-5-20-13-7-6-8-16(20)18-17(21-4)14-9-11-15(12-10-14)19(2)3;/h9-12H,5-8,13H2,1-4H3;1H/q+1;/p-1. The molecule has 0 radical (unpaired) electrons. The maximum absolute atomic E-state index is 4.96. The predicted octanol–water partition coefficient (Wildman–Crippen LogP) is 0.481. The lowest BCUT2D eigenvalue weighted by Gasteiger charge is -2.13. The third-order valence-electron chi connectivity index (χ3n) is 3.88. The Morgan fingerprint density at radius 1 is 1.23 bits per heavy atom. The van der Waals surface area contributed by atoms with Crippen molar-refractivity contribution >= 4 is 28.3 Å². The van der Waals surface area contributed by atoms with Crippen LogP contribution < -0.4 is 28.9 Å². The molecule has 0 N–H and O–H groups in total. The zero-order chi connectivity index (χ0) is 15.2. The molecule has 0 bridgehead atoms. The normalized spacial score (nSPS) is 15.5. The van der Waals surface area contributed by atoms with Gasteiger partial charge < -0.3 is 28.9 Å². The molecule has 3 nitrogen and oxygen atoms in total. The van der Waals surface area contributed by atoms with Gasteiger partial charge in [-0.25, -0.2) is 0 Å². The van der Waals surface area contributed by atoms with E-state index in [1.807, 2.05) is 0 Å². The van der Waals surface area contributed by atoms with Crippen LogP contribution in [0, 0.1) is 0 Å². The first kappa shape index (κ1) is 19.5. The molecule has 0 saturated heterocycles. The van der Waals surface area contributed by atoms with Crippen LogP contribution in [-0.4, -0.2) is 48.9 Å². The van der Waals surface area contributed by atoms with Gasteiger partial charge >= 0.3 is 0 Å². The fourth-order valence-corrected chi connectivity index (χ4v) is 3.16. The average molecular weight is 431 g/mol. The van der Waals surface area contributed by atoms with E-state index in [0.717, 1.165) is 24.6 Å². The summed E-state index contributed by atoms with van der Waals surface area (Å²) in [6, 6.07) is 8.66. The third kappa shape index (κ3) is 4.98. The zero-order valence-electron chi connectivity index (χ0n) is 14.0. The lowest BCUT2D eigenvalue weighted by atomic mass is 10.1. The summed E-state index contributed by atoms with van der Waals surface area (Å²) in [5.74, 6) is 1.25. The summed E-state index contributed by atoms with van der Waals surface area (Å²) in [6.45, 7) is 4.42. The number of hydrogen-bond donors (Lipinski definition) is 0. The minimum Gasteiger partial charge on any atom is -1.00 e. The number of anilines is 1. The largest absolute Gasteiger partial charge is 1.00 e. The molecule has 5 heteroatoms. The Labute approximate surface area is 155 Å². The number of benzene rings is 1. The Kier molecular flexibility index (Phi) is 8.46. The van der Waals surface area contributed by atoms with Gasteiger partial charge in [-0.1, -0.05) is 11.8 Å². The summed E-state index contributed by atoms with van der Waals surface area (Å²) in [4.78, 5) is 7.08. The van der Waals surface area contributed by atoms with Gasteiger partial charge in [0, 0.05) is 25.3 Å². The first-order valence-electron chi connectivity index (χ1n) is 7.67. The van der Waals surface area contributed by atoms with E-state index in [0.29, 0.717) is 0 Å². The molecule has 0 unspecified atom stereocenters. The van der Waals surface area contributed by atoms with Crippen LogP contribution >= 0.6 is 11.8 Å². The van der Waals surface area contributed by atoms with Crippen LogP contribution in [-0.2, 0) is 0 Å². The molecule has 0 aliphatic carbocycles. The van der Waals surface area contributed by atoms with Crippen molar-refractivity contribution in [3.63, 3.8) is 0 Å². The lowest BCUT2D eigenvalue weighted by molar-refractivity contribution is -0.530. The topological polar surface area (TPSA) is 18.6 Å². The Morgan fingerprint density at radius 3 is 2.45 bits per heavy atom. The highest BCUT2D eigenvalue weighted by Crippen LogP contribution is 2.18. The van der Waals surface area contributed by atoms with Gasteiger partial charge in [-0.05, 0) is 55.3 Å². The number of hydrogen-bond acceptors (Lipinski definition) is 3. The predicted molar refractivity (Wildman–Crippen MR) is 95.3 cm³/mol. The van der Waals surface area contributed by atoms with Gasteiger partial charge in [0.1, 0.15) is 0 Å². The Morgan fingerprint density at radius 2 is 1.91 bits per heavy atom. The molecule has 2 rings (SSSR count). The van der Waals surface area contributed by atoms with Crippen molar-refractivity contribution in [1.29, 1.82) is 0 Å². The molecule has 1 heterocycles. The molecule has 22 heavy (non-hydrogen) atoms. The van der Waals surface area contributed by atoms with Crippen molar-refractivity contribution < 1.29 is 28.6 Å². The van der Waals surface area contributed by atoms with Crippen LogP contribution in [0.5, 0.6) is 0 Å². The van der Waals surface area contributed by atoms with E-state index in [1.54, 1.807) is 11.8 Å². The minimum atomic E-state index is 0. The fraction of sp³-hybridized carbons (Fsp3) is 0.529. The molecule has 0 atom stereocenters. The summed E-state index contributed by atoms with van der Waals surface area (Å²) in [5, 5.41) is 1.12. The monoisotopic (exact) mass is 431 g/mol. The van der Waals surface area contributed by atoms with Crippen LogP contribution in [0.2, 0.25) is 0 Å². The molecule has 1 aromatic rings. The third-order valence-corrected chi connectivity index (χ3v) is 4.59. The quantitative estimate of drug-likeness (QED) is 0.300. The highest BCUT2D eigenvalue weighted by atomic mass is 127. The smallest absolute Gasteiger partial charge is 0.295 e. The van der Waals surface area contributed by atoms with Crippen LogP contribution in [0.4, 0.5) is 5.69 Å². The van der Waals surface area contributed by atoms with E-state index in [9.17, 15) is 0 Å². The second-order valence-electron chi connectivity index (χ2n) is 5.52. The average Bonchev–Trinajstić information content (AvgIpc) is 2.53. The highest BCUT2D eigenvalue weighted by Gasteiger charge is 2.20. The number of halogens is 1. The van der Waals surface area contributed by atoms with E-state index >= 15 is 0 Å². The molecular formula is C17H26IN3S. The molecule has 0 amide bonds. The van der Waals surface area contributed by atoms with Gasteiger partial charge in [0.2, 0.25) is 5.04 Å². The molecule has 0 fully saturated rings. The second-order valence-corrected chi connectivity index (χ2v) is 6.31. The Bertz CT molecular complexity index is 535. The molecule has 0 spiro atoms. The van der Waals surface area contributed by atoms with Gasteiger partial charge in [0.15, 0.2) is 0 Å². The van der Waals surface area contributed by atoms with Crippen LogP contribution in [0.25, 0.3) is 0 Å². The number of thioether (sulfide) groups is 1. The summed E-state index contributed by atoms with van der Waals surface area (Å²) in [6.07, 6.45) is 5.77. The number of nitrogens with zero attached hydrogens (tertiary/aromatic N) is 3. The van der Waals surface area contributed by atoms with Crippen molar-refractivity contribution in [2.75, 3.05) is 38.3 Å². The fourth-order valence-electron chi connectivity index (χ4n) is 2.59. The molecule has 1 aromatic carbocycles. The summed E-state index contributed by atoms with van der Waals surface area (Å²) in [5.41, 5.74) is 2.43. The number of rotatable bonds is 3. The van der Waals surface area contributed by atoms with Gasteiger partial charge in [0.05, 0.1) is 19.5 Å². The van der Waals surface area contributed by atoms with E-state index in [4.69, 9.17) is 4.99 Å².